The molecule has 61 heavy (non-hydrogen) atoms. The molecule has 0 saturated carbocycles. The van der Waals surface area contributed by atoms with Crippen molar-refractivity contribution in [3.8, 4) is 56.3 Å². The quantitative estimate of drug-likeness (QED) is 0.177. The van der Waals surface area contributed by atoms with Gasteiger partial charge in [-0.25, -0.2) is 9.97 Å². The lowest BCUT2D eigenvalue weighted by Crippen LogP contribution is -2.35. The van der Waals surface area contributed by atoms with Gasteiger partial charge in [-0.1, -0.05) is 147 Å². The van der Waals surface area contributed by atoms with Crippen molar-refractivity contribution in [2.24, 2.45) is 0 Å². The van der Waals surface area contributed by atoms with E-state index in [4.69, 9.17) is 15.0 Å². The van der Waals surface area contributed by atoms with Gasteiger partial charge in [-0.3, -0.25) is 9.97 Å². The maximum absolute atomic E-state index is 5.34. The summed E-state index contributed by atoms with van der Waals surface area (Å²) in [7, 11) is 0. The van der Waals surface area contributed by atoms with Crippen LogP contribution in [0.3, 0.4) is 0 Å². The minimum absolute atomic E-state index is 0.118. The lowest BCUT2D eigenvalue weighted by atomic mass is 9.62. The second kappa shape index (κ2) is 13.7. The molecule has 5 heteroatoms. The highest BCUT2D eigenvalue weighted by molar-refractivity contribution is 7.99. The van der Waals surface area contributed by atoms with Crippen LogP contribution in [0.25, 0.3) is 68.4 Å². The van der Waals surface area contributed by atoms with E-state index in [1.165, 1.54) is 65.4 Å². The molecule has 2 aliphatic carbocycles. The summed E-state index contributed by atoms with van der Waals surface area (Å²) in [6.45, 7) is 4.74. The fourth-order valence-corrected chi connectivity index (χ4v) is 11.2. The highest BCUT2D eigenvalue weighted by atomic mass is 32.2. The summed E-state index contributed by atoms with van der Waals surface area (Å²) in [5.74, 6) is 0.662. The van der Waals surface area contributed by atoms with E-state index < -0.39 is 5.41 Å². The summed E-state index contributed by atoms with van der Waals surface area (Å²) in [5.41, 5.74) is 18.5. The maximum atomic E-state index is 5.34. The van der Waals surface area contributed by atoms with Crippen molar-refractivity contribution >= 4 is 23.9 Å². The van der Waals surface area contributed by atoms with Crippen LogP contribution in [0.15, 0.2) is 192 Å². The van der Waals surface area contributed by atoms with Gasteiger partial charge >= 0.3 is 0 Å². The molecule has 4 nitrogen and oxygen atoms in total. The van der Waals surface area contributed by atoms with Crippen molar-refractivity contribution in [2.75, 3.05) is 0 Å². The molecule has 3 aromatic heterocycles. The van der Waals surface area contributed by atoms with Gasteiger partial charge in [0, 0.05) is 56.1 Å². The van der Waals surface area contributed by atoms with E-state index in [1.807, 2.05) is 48.4 Å². The van der Waals surface area contributed by atoms with E-state index >= 15 is 0 Å². The Labute approximate surface area is 359 Å². The van der Waals surface area contributed by atoms with Gasteiger partial charge in [0.05, 0.1) is 22.5 Å². The minimum atomic E-state index is -0.648. The molecule has 288 valence electrons. The number of nitrogens with zero attached hydrogens (tertiary/aromatic N) is 4. The molecule has 6 aromatic carbocycles. The van der Waals surface area contributed by atoms with Gasteiger partial charge in [0.1, 0.15) is 0 Å². The van der Waals surface area contributed by atoms with Crippen LogP contribution in [0.4, 0.5) is 0 Å². The third-order valence-electron chi connectivity index (χ3n) is 12.9. The van der Waals surface area contributed by atoms with Crippen molar-refractivity contribution in [1.82, 2.24) is 19.9 Å². The Morgan fingerprint density at radius 2 is 1.11 bits per heavy atom. The van der Waals surface area contributed by atoms with Gasteiger partial charge < -0.3 is 0 Å². The number of pyridine rings is 2. The average Bonchev–Trinajstić information content (AvgIpc) is 3.44. The Hall–Kier alpha value is -7.21. The monoisotopic (exact) mass is 798 g/mol. The number of rotatable bonds is 4. The second-order valence-electron chi connectivity index (χ2n) is 16.6. The Morgan fingerprint density at radius 3 is 1.92 bits per heavy atom. The summed E-state index contributed by atoms with van der Waals surface area (Å²) in [6.07, 6.45) is 10.1. The predicted molar refractivity (Wildman–Crippen MR) is 248 cm³/mol. The fourth-order valence-electron chi connectivity index (χ4n) is 10.0. The molecule has 1 spiro atoms. The Morgan fingerprint density at radius 1 is 0.426 bits per heavy atom. The Balaban J connectivity index is 1.12. The van der Waals surface area contributed by atoms with E-state index in [1.54, 1.807) is 6.20 Å². The van der Waals surface area contributed by atoms with E-state index in [0.29, 0.717) is 5.82 Å². The van der Waals surface area contributed by atoms with Crippen LogP contribution in [0.1, 0.15) is 58.4 Å². The third kappa shape index (κ3) is 5.47. The van der Waals surface area contributed by atoms with Crippen molar-refractivity contribution in [1.29, 1.82) is 0 Å². The molecular weight excluding hydrogens is 761 g/mol. The predicted octanol–water partition coefficient (Wildman–Crippen LogP) is 13.6. The van der Waals surface area contributed by atoms with Gasteiger partial charge in [-0.15, -0.1) is 0 Å². The van der Waals surface area contributed by atoms with Crippen LogP contribution in [0.5, 0.6) is 0 Å². The SMILES string of the molecule is CC1(C)c2ccccc2-c2cc3c(cc21)Sc1ccccc1C31c2ccccc2C=Cc2ccc(-c3nc(-c4ccccc4)cc(-c4ccc(-c5cccnc5)nc4)n3)cc21. The summed E-state index contributed by atoms with van der Waals surface area (Å²) >= 11 is 1.90. The second-order valence-corrected chi connectivity index (χ2v) is 17.7. The molecule has 3 aliphatic rings. The molecule has 0 bridgehead atoms. The van der Waals surface area contributed by atoms with Crippen LogP contribution < -0.4 is 0 Å². The zero-order valence-corrected chi connectivity index (χ0v) is 34.5. The van der Waals surface area contributed by atoms with E-state index in [9.17, 15) is 0 Å². The van der Waals surface area contributed by atoms with E-state index in [-0.39, 0.29) is 5.41 Å². The first-order chi connectivity index (χ1) is 30.0. The molecule has 4 heterocycles. The molecule has 0 saturated heterocycles. The highest BCUT2D eigenvalue weighted by Crippen LogP contribution is 2.61. The highest BCUT2D eigenvalue weighted by Gasteiger charge is 2.49. The molecule has 12 rings (SSSR count). The largest absolute Gasteiger partial charge is 0.264 e. The van der Waals surface area contributed by atoms with Gasteiger partial charge in [0.25, 0.3) is 0 Å². The Bertz CT molecular complexity index is 3250. The maximum Gasteiger partial charge on any atom is 0.160 e. The molecule has 0 radical (unpaired) electrons. The lowest BCUT2D eigenvalue weighted by Gasteiger charge is -2.43. The smallest absolute Gasteiger partial charge is 0.160 e. The fraction of sp³-hybridized carbons (Fsp3) is 0.0714. The van der Waals surface area contributed by atoms with E-state index in [0.717, 1.165) is 39.3 Å². The van der Waals surface area contributed by atoms with Crippen LogP contribution in [0, 0.1) is 0 Å². The first-order valence-electron chi connectivity index (χ1n) is 20.8. The molecule has 1 aliphatic heterocycles. The zero-order chi connectivity index (χ0) is 40.7. The van der Waals surface area contributed by atoms with Gasteiger partial charge in [0.15, 0.2) is 5.82 Å². The van der Waals surface area contributed by atoms with Gasteiger partial charge in [0.2, 0.25) is 0 Å². The lowest BCUT2D eigenvalue weighted by molar-refractivity contribution is 0.652. The molecule has 1 atom stereocenters. The van der Waals surface area contributed by atoms with Gasteiger partial charge in [-0.2, -0.15) is 0 Å². The summed E-state index contributed by atoms with van der Waals surface area (Å²) in [5, 5.41) is 0. The Kier molecular flexibility index (Phi) is 8.00. The molecular formula is C56H38N4S. The minimum Gasteiger partial charge on any atom is -0.264 e. The first-order valence-corrected chi connectivity index (χ1v) is 21.6. The number of aromatic nitrogens is 4. The molecule has 0 N–H and O–H groups in total. The van der Waals surface area contributed by atoms with Crippen molar-refractivity contribution in [3.63, 3.8) is 0 Å². The molecule has 1 unspecified atom stereocenters. The third-order valence-corrected chi connectivity index (χ3v) is 14.1. The van der Waals surface area contributed by atoms with Crippen LogP contribution in [0.2, 0.25) is 0 Å². The van der Waals surface area contributed by atoms with Crippen LogP contribution in [-0.4, -0.2) is 19.9 Å². The summed E-state index contributed by atoms with van der Waals surface area (Å²) in [4.78, 5) is 22.4. The van der Waals surface area contributed by atoms with Crippen molar-refractivity contribution in [2.45, 2.75) is 34.5 Å². The number of benzene rings is 6. The number of hydrogen-bond donors (Lipinski definition) is 0. The van der Waals surface area contributed by atoms with E-state index in [2.05, 4.69) is 171 Å². The van der Waals surface area contributed by atoms with Crippen molar-refractivity contribution < 1.29 is 0 Å². The number of fused-ring (bicyclic) bond motifs is 11. The molecule has 0 amide bonds. The first kappa shape index (κ1) is 35.7. The summed E-state index contributed by atoms with van der Waals surface area (Å²) in [6, 6.07) is 59.4. The van der Waals surface area contributed by atoms with Gasteiger partial charge in [-0.05, 0) is 110 Å². The summed E-state index contributed by atoms with van der Waals surface area (Å²) < 4.78 is 0. The standard InChI is InChI=1S/C56H38N4S/c1-55(2)44-19-9-7-17-41(44)42-30-48-53(31-47(42)55)61-52-21-11-10-20-45(52)56(48)43-18-8-6-13-35(43)22-23-36-24-25-38(29-46(36)56)54-59-50(37-14-4-3-5-15-37)32-51(60-54)40-26-27-49(58-34-40)39-16-12-28-57-33-39/h3-34H,1-2H3. The average molecular weight is 799 g/mol. The van der Waals surface area contributed by atoms with Crippen LogP contribution >= 0.6 is 11.8 Å². The number of hydrogen-bond acceptors (Lipinski definition) is 5. The molecule has 0 fully saturated rings. The zero-order valence-electron chi connectivity index (χ0n) is 33.7. The van der Waals surface area contributed by atoms with Crippen LogP contribution in [-0.2, 0) is 10.8 Å². The topological polar surface area (TPSA) is 51.6 Å². The van der Waals surface area contributed by atoms with Crippen molar-refractivity contribution in [3.05, 3.63) is 227 Å². The molecule has 9 aromatic rings. The normalized spacial score (nSPS) is 16.1.